The molecular weight excluding hydrogens is 358 g/mol. The predicted octanol–water partition coefficient (Wildman–Crippen LogP) is 1.47. The van der Waals surface area contributed by atoms with Crippen molar-refractivity contribution in [1.29, 1.82) is 0 Å². The molecule has 0 bridgehead atoms. The fourth-order valence-electron chi connectivity index (χ4n) is 3.26. The van der Waals surface area contributed by atoms with E-state index in [1.165, 1.54) is 7.11 Å². The minimum atomic E-state index is -0.365. The lowest BCUT2D eigenvalue weighted by Crippen LogP contribution is -2.42. The number of methoxy groups -OCH3 is 1. The molecule has 3 rings (SSSR count). The van der Waals surface area contributed by atoms with Gasteiger partial charge in [-0.15, -0.1) is 0 Å². The lowest BCUT2D eigenvalue weighted by Gasteiger charge is -2.28. The Kier molecular flexibility index (Phi) is 6.34. The summed E-state index contributed by atoms with van der Waals surface area (Å²) in [6, 6.07) is 5.04. The maximum atomic E-state index is 12.6. The van der Waals surface area contributed by atoms with Crippen LogP contribution in [0.5, 0.6) is 5.75 Å². The fraction of sp³-hybridized carbons (Fsp3) is 0.556. The highest BCUT2D eigenvalue weighted by molar-refractivity contribution is 6.31. The number of likely N-dealkylation sites (tertiary alicyclic amines) is 1. The predicted molar refractivity (Wildman–Crippen MR) is 98.6 cm³/mol. The minimum Gasteiger partial charge on any atom is -0.495 e. The van der Waals surface area contributed by atoms with E-state index < -0.39 is 0 Å². The molecule has 2 aliphatic rings. The number of hydrogen-bond acceptors (Lipinski definition) is 5. The molecule has 1 aromatic carbocycles. The third kappa shape index (κ3) is 4.66. The summed E-state index contributed by atoms with van der Waals surface area (Å²) in [7, 11) is 1.53. The van der Waals surface area contributed by atoms with E-state index in [-0.39, 0.29) is 24.2 Å². The minimum absolute atomic E-state index is 0.0245. The first kappa shape index (κ1) is 18.9. The van der Waals surface area contributed by atoms with Gasteiger partial charge in [0, 0.05) is 44.2 Å². The summed E-state index contributed by atoms with van der Waals surface area (Å²) in [5.74, 6) is 0.0105. The number of ether oxygens (including phenoxy) is 2. The molecule has 0 saturated carbocycles. The summed E-state index contributed by atoms with van der Waals surface area (Å²) < 4.78 is 10.6. The second-order valence-electron chi connectivity index (χ2n) is 6.53. The van der Waals surface area contributed by atoms with Gasteiger partial charge in [0.05, 0.1) is 31.9 Å². The van der Waals surface area contributed by atoms with Gasteiger partial charge < -0.3 is 19.7 Å². The second-order valence-corrected chi connectivity index (χ2v) is 6.97. The quantitative estimate of drug-likeness (QED) is 0.808. The molecule has 1 aromatic rings. The summed E-state index contributed by atoms with van der Waals surface area (Å²) in [6.45, 7) is 5.15. The third-order valence-electron chi connectivity index (χ3n) is 4.79. The Morgan fingerprint density at radius 2 is 2.12 bits per heavy atom. The van der Waals surface area contributed by atoms with E-state index >= 15 is 0 Å². The van der Waals surface area contributed by atoms with Crippen LogP contribution in [-0.2, 0) is 14.3 Å². The highest BCUT2D eigenvalue weighted by atomic mass is 35.5. The van der Waals surface area contributed by atoms with E-state index in [0.717, 1.165) is 32.8 Å². The van der Waals surface area contributed by atoms with E-state index in [4.69, 9.17) is 21.1 Å². The maximum Gasteiger partial charge on any atom is 0.229 e. The molecule has 8 heteroatoms. The summed E-state index contributed by atoms with van der Waals surface area (Å²) in [4.78, 5) is 28.9. The lowest BCUT2D eigenvalue weighted by molar-refractivity contribution is -0.128. The van der Waals surface area contributed by atoms with Crippen molar-refractivity contribution >= 4 is 29.1 Å². The van der Waals surface area contributed by atoms with Gasteiger partial charge in [0.15, 0.2) is 0 Å². The Morgan fingerprint density at radius 1 is 1.35 bits per heavy atom. The van der Waals surface area contributed by atoms with Crippen molar-refractivity contribution in [3.8, 4) is 5.75 Å². The SMILES string of the molecule is COc1ccc(Cl)cc1NC(=O)C1CC(=O)N(CCN2CCOCC2)C1. The first-order valence-corrected chi connectivity index (χ1v) is 9.17. The number of carbonyl (C=O) groups excluding carboxylic acids is 2. The largest absolute Gasteiger partial charge is 0.495 e. The molecule has 142 valence electrons. The highest BCUT2D eigenvalue weighted by Gasteiger charge is 2.34. The zero-order valence-electron chi connectivity index (χ0n) is 14.9. The monoisotopic (exact) mass is 381 g/mol. The second kappa shape index (κ2) is 8.70. The van der Waals surface area contributed by atoms with Gasteiger partial charge in [-0.1, -0.05) is 11.6 Å². The molecule has 2 saturated heterocycles. The summed E-state index contributed by atoms with van der Waals surface area (Å²) in [6.07, 6.45) is 0.234. The number of rotatable bonds is 6. The van der Waals surface area contributed by atoms with Crippen LogP contribution >= 0.6 is 11.6 Å². The zero-order valence-corrected chi connectivity index (χ0v) is 15.6. The van der Waals surface area contributed by atoms with E-state index in [2.05, 4.69) is 10.2 Å². The van der Waals surface area contributed by atoms with Gasteiger partial charge in [0.2, 0.25) is 11.8 Å². The first-order chi connectivity index (χ1) is 12.6. The molecule has 2 heterocycles. The van der Waals surface area contributed by atoms with Crippen molar-refractivity contribution in [3.05, 3.63) is 23.2 Å². The van der Waals surface area contributed by atoms with Crippen molar-refractivity contribution in [2.45, 2.75) is 6.42 Å². The summed E-state index contributed by atoms with van der Waals surface area (Å²) in [5.41, 5.74) is 0.518. The van der Waals surface area contributed by atoms with E-state index in [9.17, 15) is 9.59 Å². The molecule has 0 aromatic heterocycles. The van der Waals surface area contributed by atoms with Crippen LogP contribution in [0.25, 0.3) is 0 Å². The van der Waals surface area contributed by atoms with Crippen LogP contribution in [0.15, 0.2) is 18.2 Å². The van der Waals surface area contributed by atoms with Gasteiger partial charge in [0.1, 0.15) is 5.75 Å². The number of benzene rings is 1. The number of halogens is 1. The van der Waals surface area contributed by atoms with Gasteiger partial charge in [-0.2, -0.15) is 0 Å². The van der Waals surface area contributed by atoms with Gasteiger partial charge in [-0.3, -0.25) is 14.5 Å². The number of nitrogens with one attached hydrogen (secondary N) is 1. The third-order valence-corrected chi connectivity index (χ3v) is 5.03. The van der Waals surface area contributed by atoms with Crippen molar-refractivity contribution in [1.82, 2.24) is 9.80 Å². The lowest BCUT2D eigenvalue weighted by atomic mass is 10.1. The molecule has 26 heavy (non-hydrogen) atoms. The molecular formula is C18H24ClN3O4. The molecule has 1 unspecified atom stereocenters. The molecule has 0 spiro atoms. The first-order valence-electron chi connectivity index (χ1n) is 8.79. The fourth-order valence-corrected chi connectivity index (χ4v) is 3.44. The van der Waals surface area contributed by atoms with Crippen molar-refractivity contribution < 1.29 is 19.1 Å². The average molecular weight is 382 g/mol. The highest BCUT2D eigenvalue weighted by Crippen LogP contribution is 2.29. The molecule has 2 fully saturated rings. The number of morpholine rings is 1. The number of carbonyl (C=O) groups is 2. The van der Waals surface area contributed by atoms with Crippen LogP contribution in [0, 0.1) is 5.92 Å². The van der Waals surface area contributed by atoms with Crippen LogP contribution in [-0.4, -0.2) is 74.7 Å². The Morgan fingerprint density at radius 3 is 2.85 bits per heavy atom. The summed E-state index contributed by atoms with van der Waals surface area (Å²) in [5, 5.41) is 3.35. The molecule has 0 radical (unpaired) electrons. The van der Waals surface area contributed by atoms with Crippen molar-refractivity contribution in [3.63, 3.8) is 0 Å². The zero-order chi connectivity index (χ0) is 18.5. The molecule has 2 amide bonds. The van der Waals surface area contributed by atoms with E-state index in [1.807, 2.05) is 0 Å². The van der Waals surface area contributed by atoms with Gasteiger partial charge in [-0.05, 0) is 18.2 Å². The number of amides is 2. The van der Waals surface area contributed by atoms with Gasteiger partial charge in [0.25, 0.3) is 0 Å². The Hall–Kier alpha value is -1.83. The molecule has 2 aliphatic heterocycles. The van der Waals surface area contributed by atoms with Crippen molar-refractivity contribution in [2.75, 3.05) is 58.4 Å². The van der Waals surface area contributed by atoms with Crippen LogP contribution in [0.1, 0.15) is 6.42 Å². The number of nitrogens with zero attached hydrogens (tertiary/aromatic N) is 2. The molecule has 1 N–H and O–H groups in total. The number of hydrogen-bond donors (Lipinski definition) is 1. The number of anilines is 1. The average Bonchev–Trinajstić information content (AvgIpc) is 3.02. The van der Waals surface area contributed by atoms with Crippen LogP contribution in [0.2, 0.25) is 5.02 Å². The Bertz CT molecular complexity index is 664. The van der Waals surface area contributed by atoms with Gasteiger partial charge in [-0.25, -0.2) is 0 Å². The summed E-state index contributed by atoms with van der Waals surface area (Å²) >= 11 is 6.00. The maximum absolute atomic E-state index is 12.6. The molecule has 0 aliphatic carbocycles. The molecule has 1 atom stereocenters. The Balaban J connectivity index is 1.54. The standard InChI is InChI=1S/C18H24ClN3O4/c1-25-16-3-2-14(19)11-15(16)20-18(24)13-10-17(23)22(12-13)5-4-21-6-8-26-9-7-21/h2-3,11,13H,4-10,12H2,1H3,(H,20,24). The molecule has 7 nitrogen and oxygen atoms in total. The van der Waals surface area contributed by atoms with Gasteiger partial charge >= 0.3 is 0 Å². The topological polar surface area (TPSA) is 71.1 Å². The van der Waals surface area contributed by atoms with Crippen LogP contribution in [0.4, 0.5) is 5.69 Å². The normalized spacial score (nSPS) is 21.1. The van der Waals surface area contributed by atoms with Crippen molar-refractivity contribution in [2.24, 2.45) is 5.92 Å². The van der Waals surface area contributed by atoms with Crippen LogP contribution in [0.3, 0.4) is 0 Å². The smallest absolute Gasteiger partial charge is 0.229 e. The van der Waals surface area contributed by atoms with Crippen LogP contribution < -0.4 is 10.1 Å². The Labute approximate surface area is 158 Å². The van der Waals surface area contributed by atoms with E-state index in [0.29, 0.717) is 29.5 Å². The van der Waals surface area contributed by atoms with E-state index in [1.54, 1.807) is 23.1 Å².